The molecule has 4 rings (SSSR count). The van der Waals surface area contributed by atoms with E-state index in [2.05, 4.69) is 55.9 Å². The lowest BCUT2D eigenvalue weighted by Crippen LogP contribution is -2.34. The van der Waals surface area contributed by atoms with Gasteiger partial charge in [0.15, 0.2) is 6.20 Å². The van der Waals surface area contributed by atoms with Crippen molar-refractivity contribution < 1.29 is 4.57 Å². The zero-order valence-corrected chi connectivity index (χ0v) is 12.8. The predicted molar refractivity (Wildman–Crippen MR) is 81.9 cm³/mol. The summed E-state index contributed by atoms with van der Waals surface area (Å²) >= 11 is 0. The Morgan fingerprint density at radius 2 is 1.70 bits per heavy atom. The average Bonchev–Trinajstić information content (AvgIpc) is 3.00. The Bertz CT molecular complexity index is 623. The van der Waals surface area contributed by atoms with Crippen molar-refractivity contribution in [2.75, 3.05) is 0 Å². The van der Waals surface area contributed by atoms with E-state index in [9.17, 15) is 0 Å². The van der Waals surface area contributed by atoms with E-state index in [4.69, 9.17) is 0 Å². The van der Waals surface area contributed by atoms with Crippen LogP contribution in [0.5, 0.6) is 0 Å². The highest BCUT2D eigenvalue weighted by molar-refractivity contribution is 5.76. The van der Waals surface area contributed by atoms with Gasteiger partial charge in [-0.05, 0) is 68.4 Å². The van der Waals surface area contributed by atoms with Gasteiger partial charge in [-0.25, -0.2) is 4.57 Å². The van der Waals surface area contributed by atoms with Gasteiger partial charge in [0.2, 0.25) is 5.69 Å². The van der Waals surface area contributed by atoms with Crippen molar-refractivity contribution >= 4 is 5.57 Å². The molecule has 0 aliphatic heterocycles. The molecule has 0 N–H and O–H groups in total. The van der Waals surface area contributed by atoms with Crippen LogP contribution in [0, 0.1) is 30.6 Å². The molecule has 1 heteroatoms. The fourth-order valence-corrected chi connectivity index (χ4v) is 4.89. The Balaban J connectivity index is 1.77. The Morgan fingerprint density at radius 1 is 1.00 bits per heavy atom. The van der Waals surface area contributed by atoms with Crippen LogP contribution in [-0.4, -0.2) is 0 Å². The zero-order chi connectivity index (χ0) is 13.9. The summed E-state index contributed by atoms with van der Waals surface area (Å²) in [5.41, 5.74) is 5.65. The third-order valence-electron chi connectivity index (χ3n) is 5.83. The number of allylic oxidation sites excluding steroid dienone is 4. The van der Waals surface area contributed by atoms with Crippen LogP contribution >= 0.6 is 0 Å². The van der Waals surface area contributed by atoms with Gasteiger partial charge in [-0.1, -0.05) is 12.2 Å². The van der Waals surface area contributed by atoms with Crippen molar-refractivity contribution in [3.05, 3.63) is 47.3 Å². The minimum absolute atomic E-state index is 0.814. The number of aryl methyl sites for hydroxylation is 2. The average molecular weight is 266 g/mol. The lowest BCUT2D eigenvalue weighted by atomic mass is 9.73. The molecule has 3 aliphatic rings. The third-order valence-corrected chi connectivity index (χ3v) is 5.83. The Labute approximate surface area is 122 Å². The smallest absolute Gasteiger partial charge is 0.201 e. The van der Waals surface area contributed by atoms with Gasteiger partial charge in [0.1, 0.15) is 7.05 Å². The number of hydrogen-bond donors (Lipinski definition) is 0. The van der Waals surface area contributed by atoms with Crippen molar-refractivity contribution in [2.24, 2.45) is 30.7 Å². The van der Waals surface area contributed by atoms with Crippen LogP contribution in [0.1, 0.15) is 37.4 Å². The van der Waals surface area contributed by atoms with Crippen LogP contribution in [0.3, 0.4) is 0 Å². The van der Waals surface area contributed by atoms with E-state index in [1.165, 1.54) is 41.7 Å². The first-order chi connectivity index (χ1) is 9.63. The van der Waals surface area contributed by atoms with Gasteiger partial charge in [-0.3, -0.25) is 0 Å². The van der Waals surface area contributed by atoms with Crippen molar-refractivity contribution in [1.29, 1.82) is 0 Å². The van der Waals surface area contributed by atoms with E-state index in [0.29, 0.717) is 0 Å². The molecule has 20 heavy (non-hydrogen) atoms. The second-order valence-corrected chi connectivity index (χ2v) is 7.12. The summed E-state index contributed by atoms with van der Waals surface area (Å²) in [4.78, 5) is 0. The minimum Gasteiger partial charge on any atom is -0.201 e. The summed E-state index contributed by atoms with van der Waals surface area (Å²) in [5, 5.41) is 0. The van der Waals surface area contributed by atoms with Crippen molar-refractivity contribution in [3.8, 4) is 0 Å². The maximum Gasteiger partial charge on any atom is 0.212 e. The highest BCUT2D eigenvalue weighted by Gasteiger charge is 2.47. The van der Waals surface area contributed by atoms with Gasteiger partial charge in [0.05, 0.1) is 0 Å². The van der Waals surface area contributed by atoms with E-state index in [1.807, 2.05) is 0 Å². The van der Waals surface area contributed by atoms with Crippen molar-refractivity contribution in [2.45, 2.75) is 33.1 Å². The number of hydrogen-bond acceptors (Lipinski definition) is 0. The van der Waals surface area contributed by atoms with Gasteiger partial charge < -0.3 is 0 Å². The summed E-state index contributed by atoms with van der Waals surface area (Å²) in [5.74, 6) is 3.59. The Hall–Kier alpha value is -1.37. The molecular weight excluding hydrogens is 242 g/mol. The van der Waals surface area contributed by atoms with Crippen LogP contribution in [0.2, 0.25) is 0 Å². The second kappa shape index (κ2) is 4.31. The van der Waals surface area contributed by atoms with Gasteiger partial charge in [0, 0.05) is 17.2 Å². The molecular formula is C19H24N+. The summed E-state index contributed by atoms with van der Waals surface area (Å²) in [7, 11) is 2.17. The maximum absolute atomic E-state index is 2.61. The van der Waals surface area contributed by atoms with Gasteiger partial charge in [0.25, 0.3) is 0 Å². The van der Waals surface area contributed by atoms with Gasteiger partial charge >= 0.3 is 0 Å². The lowest BCUT2D eigenvalue weighted by molar-refractivity contribution is -0.674. The Morgan fingerprint density at radius 3 is 2.40 bits per heavy atom. The lowest BCUT2D eigenvalue weighted by Gasteiger charge is -2.31. The van der Waals surface area contributed by atoms with E-state index in [0.717, 1.165) is 23.7 Å². The molecule has 0 spiro atoms. The summed E-state index contributed by atoms with van der Waals surface area (Å²) < 4.78 is 2.28. The molecule has 1 nitrogen and oxygen atoms in total. The highest BCUT2D eigenvalue weighted by atomic mass is 14.9. The third kappa shape index (κ3) is 1.72. The first kappa shape index (κ1) is 12.4. The standard InChI is InChI=1S/C19H24N/c1-12-4-7-19(20(3)11-12)16-10-18-15-6-5-14(9-15)17(18)8-13(16)2/h4,7-8,10-11,14-15,17-18H,5-6,9H2,1-3H3/q+1. The van der Waals surface area contributed by atoms with E-state index in [-0.39, 0.29) is 0 Å². The molecule has 3 aliphatic carbocycles. The largest absolute Gasteiger partial charge is 0.212 e. The van der Waals surface area contributed by atoms with Crippen LogP contribution in [0.4, 0.5) is 0 Å². The topological polar surface area (TPSA) is 3.88 Å². The number of pyridine rings is 1. The molecule has 2 saturated carbocycles. The van der Waals surface area contributed by atoms with Crippen molar-refractivity contribution in [3.63, 3.8) is 0 Å². The van der Waals surface area contributed by atoms with Crippen LogP contribution in [0.15, 0.2) is 36.1 Å². The van der Waals surface area contributed by atoms with Crippen molar-refractivity contribution in [1.82, 2.24) is 0 Å². The Kier molecular flexibility index (Phi) is 2.67. The predicted octanol–water partition coefficient (Wildman–Crippen LogP) is 3.83. The SMILES string of the molecule is CC1=CC2C3CCC(C3)C2C=C1c1ccc(C)c[n+]1C. The maximum atomic E-state index is 2.61. The first-order valence-electron chi connectivity index (χ1n) is 8.01. The number of aromatic nitrogens is 1. The fraction of sp³-hybridized carbons (Fsp3) is 0.526. The molecule has 4 atom stereocenters. The summed E-state index contributed by atoms with van der Waals surface area (Å²) in [6.07, 6.45) is 11.8. The molecule has 0 amide bonds. The molecule has 1 aromatic heterocycles. The normalized spacial score (nSPS) is 34.8. The molecule has 1 aromatic rings. The quantitative estimate of drug-likeness (QED) is 0.680. The highest BCUT2D eigenvalue weighted by Crippen LogP contribution is 2.56. The number of rotatable bonds is 1. The molecule has 1 heterocycles. The second-order valence-electron chi connectivity index (χ2n) is 7.12. The van der Waals surface area contributed by atoms with Crippen LogP contribution in [-0.2, 0) is 7.05 Å². The molecule has 0 radical (unpaired) electrons. The van der Waals surface area contributed by atoms with E-state index in [1.54, 1.807) is 0 Å². The van der Waals surface area contributed by atoms with E-state index >= 15 is 0 Å². The summed E-state index contributed by atoms with van der Waals surface area (Å²) in [6, 6.07) is 4.52. The zero-order valence-electron chi connectivity index (χ0n) is 12.8. The van der Waals surface area contributed by atoms with Crippen LogP contribution < -0.4 is 4.57 Å². The van der Waals surface area contributed by atoms with Gasteiger partial charge in [-0.15, -0.1) is 0 Å². The number of fused-ring (bicyclic) bond motifs is 5. The molecule has 4 unspecified atom stereocenters. The fourth-order valence-electron chi connectivity index (χ4n) is 4.89. The molecule has 2 bridgehead atoms. The summed E-state index contributed by atoms with van der Waals surface area (Å²) in [6.45, 7) is 4.46. The molecule has 104 valence electrons. The number of nitrogens with zero attached hydrogens (tertiary/aromatic N) is 1. The molecule has 2 fully saturated rings. The van der Waals surface area contributed by atoms with E-state index < -0.39 is 0 Å². The first-order valence-corrected chi connectivity index (χ1v) is 8.01. The molecule has 0 aromatic carbocycles. The van der Waals surface area contributed by atoms with Gasteiger partial charge in [-0.2, -0.15) is 0 Å². The van der Waals surface area contributed by atoms with Crippen LogP contribution in [0.25, 0.3) is 5.57 Å². The minimum atomic E-state index is 0.814. The molecule has 0 saturated heterocycles. The monoisotopic (exact) mass is 266 g/mol.